The van der Waals surface area contributed by atoms with Crippen LogP contribution in [0.4, 0.5) is 0 Å². The summed E-state index contributed by atoms with van der Waals surface area (Å²) in [5.74, 6) is 1.48. The first kappa shape index (κ1) is 18.0. The fourth-order valence-electron chi connectivity index (χ4n) is 2.92. The van der Waals surface area contributed by atoms with Crippen LogP contribution in [0.15, 0.2) is 72.8 Å². The van der Waals surface area contributed by atoms with Gasteiger partial charge >= 0.3 is 0 Å². The summed E-state index contributed by atoms with van der Waals surface area (Å²) in [5, 5.41) is 18.4. The maximum atomic E-state index is 9.26. The van der Waals surface area contributed by atoms with E-state index in [1.807, 2.05) is 72.8 Å². The number of hydrogen-bond acceptors (Lipinski definition) is 5. The van der Waals surface area contributed by atoms with Crippen LogP contribution in [0.5, 0.6) is 11.5 Å². The van der Waals surface area contributed by atoms with Gasteiger partial charge in [-0.3, -0.25) is 0 Å². The Kier molecular flexibility index (Phi) is 5.49. The van der Waals surface area contributed by atoms with E-state index >= 15 is 0 Å². The first-order valence-corrected chi connectivity index (χ1v) is 9.20. The highest BCUT2D eigenvalue weighted by molar-refractivity contribution is 5.73. The molecule has 0 unspecified atom stereocenters. The zero-order valence-electron chi connectivity index (χ0n) is 15.4. The molecule has 3 aromatic carbocycles. The highest BCUT2D eigenvalue weighted by atomic mass is 16.5. The standard InChI is InChI=1S/C22H21N3O3/c26-13-12-17-10-11-22(28-15-14-27-18-6-2-1-3-7-18)21(16-17)25-23-19-8-4-5-9-20(19)24-25/h1-11,16,26H,12-15H2. The molecule has 6 nitrogen and oxygen atoms in total. The first-order chi connectivity index (χ1) is 13.8. The summed E-state index contributed by atoms with van der Waals surface area (Å²) in [5.41, 5.74) is 3.36. The van der Waals surface area contributed by atoms with E-state index in [0.717, 1.165) is 28.0 Å². The maximum Gasteiger partial charge on any atom is 0.147 e. The molecular formula is C22H21N3O3. The Hall–Kier alpha value is -3.38. The van der Waals surface area contributed by atoms with Crippen molar-refractivity contribution in [3.8, 4) is 17.2 Å². The monoisotopic (exact) mass is 375 g/mol. The Morgan fingerprint density at radius 3 is 2.18 bits per heavy atom. The molecule has 0 amide bonds. The Balaban J connectivity index is 1.54. The van der Waals surface area contributed by atoms with Crippen LogP contribution in [-0.2, 0) is 6.42 Å². The molecule has 6 heteroatoms. The van der Waals surface area contributed by atoms with E-state index < -0.39 is 0 Å². The molecule has 142 valence electrons. The fourth-order valence-corrected chi connectivity index (χ4v) is 2.92. The maximum absolute atomic E-state index is 9.26. The molecule has 0 aliphatic carbocycles. The molecule has 1 aromatic heterocycles. The number of hydrogen-bond donors (Lipinski definition) is 1. The molecule has 0 saturated carbocycles. The summed E-state index contributed by atoms with van der Waals surface area (Å²) in [7, 11) is 0. The quantitative estimate of drug-likeness (QED) is 0.478. The van der Waals surface area contributed by atoms with Gasteiger partial charge < -0.3 is 14.6 Å². The molecule has 0 bridgehead atoms. The topological polar surface area (TPSA) is 69.4 Å². The van der Waals surface area contributed by atoms with E-state index in [1.165, 1.54) is 0 Å². The Bertz CT molecular complexity index is 1010. The number of nitrogens with zero attached hydrogens (tertiary/aromatic N) is 3. The number of benzene rings is 3. The van der Waals surface area contributed by atoms with Gasteiger partial charge in [0.05, 0.1) is 0 Å². The third-order valence-electron chi connectivity index (χ3n) is 4.28. The Labute approximate surface area is 163 Å². The normalized spacial score (nSPS) is 10.9. The van der Waals surface area contributed by atoms with Crippen molar-refractivity contribution in [2.45, 2.75) is 6.42 Å². The second-order valence-corrected chi connectivity index (χ2v) is 6.26. The summed E-state index contributed by atoms with van der Waals surface area (Å²) in [6, 6.07) is 23.1. The fraction of sp³-hybridized carbons (Fsp3) is 0.182. The Morgan fingerprint density at radius 2 is 1.46 bits per heavy atom. The molecule has 4 aromatic rings. The van der Waals surface area contributed by atoms with Gasteiger partial charge in [0, 0.05) is 6.61 Å². The molecule has 0 radical (unpaired) electrons. The number of aliphatic hydroxyl groups excluding tert-OH is 1. The lowest BCUT2D eigenvalue weighted by Crippen LogP contribution is -2.11. The van der Waals surface area contributed by atoms with Crippen molar-refractivity contribution >= 4 is 11.0 Å². The molecule has 1 heterocycles. The molecule has 0 spiro atoms. The smallest absolute Gasteiger partial charge is 0.147 e. The van der Waals surface area contributed by atoms with Gasteiger partial charge in [-0.2, -0.15) is 0 Å². The lowest BCUT2D eigenvalue weighted by molar-refractivity contribution is 0.216. The van der Waals surface area contributed by atoms with Gasteiger partial charge in [-0.1, -0.05) is 36.4 Å². The molecule has 0 saturated heterocycles. The molecule has 0 fully saturated rings. The average Bonchev–Trinajstić information content (AvgIpc) is 3.17. The lowest BCUT2D eigenvalue weighted by Gasteiger charge is -2.13. The number of aliphatic hydroxyl groups is 1. The summed E-state index contributed by atoms with van der Waals surface area (Å²) >= 11 is 0. The number of rotatable bonds is 8. The van der Waals surface area contributed by atoms with E-state index in [2.05, 4.69) is 10.2 Å². The molecule has 0 atom stereocenters. The van der Waals surface area contributed by atoms with Crippen LogP contribution >= 0.6 is 0 Å². The van der Waals surface area contributed by atoms with Gasteiger partial charge in [0.2, 0.25) is 0 Å². The van der Waals surface area contributed by atoms with Gasteiger partial charge in [0.25, 0.3) is 0 Å². The van der Waals surface area contributed by atoms with Gasteiger partial charge in [-0.15, -0.1) is 15.0 Å². The van der Waals surface area contributed by atoms with Crippen LogP contribution in [0.1, 0.15) is 5.56 Å². The molecule has 0 aliphatic rings. The predicted molar refractivity (Wildman–Crippen MR) is 107 cm³/mol. The van der Waals surface area contributed by atoms with Crippen molar-refractivity contribution in [1.29, 1.82) is 0 Å². The van der Waals surface area contributed by atoms with Gasteiger partial charge in [0.15, 0.2) is 0 Å². The van der Waals surface area contributed by atoms with Crippen LogP contribution in [0.25, 0.3) is 16.7 Å². The average molecular weight is 375 g/mol. The predicted octanol–water partition coefficient (Wildman–Crippen LogP) is 3.41. The minimum Gasteiger partial charge on any atom is -0.490 e. The van der Waals surface area contributed by atoms with Crippen LogP contribution in [0, 0.1) is 0 Å². The zero-order chi connectivity index (χ0) is 19.2. The SMILES string of the molecule is OCCc1ccc(OCCOc2ccccc2)c(-n2nc3ccccc3n2)c1. The highest BCUT2D eigenvalue weighted by Crippen LogP contribution is 2.25. The summed E-state index contributed by atoms with van der Waals surface area (Å²) in [4.78, 5) is 1.58. The van der Waals surface area contributed by atoms with Crippen LogP contribution in [0.2, 0.25) is 0 Å². The lowest BCUT2D eigenvalue weighted by atomic mass is 10.1. The summed E-state index contributed by atoms with van der Waals surface area (Å²) in [6.07, 6.45) is 0.561. The summed E-state index contributed by atoms with van der Waals surface area (Å²) < 4.78 is 11.6. The largest absolute Gasteiger partial charge is 0.490 e. The van der Waals surface area contributed by atoms with E-state index in [1.54, 1.807) is 4.80 Å². The highest BCUT2D eigenvalue weighted by Gasteiger charge is 2.12. The van der Waals surface area contributed by atoms with Gasteiger partial charge in [0.1, 0.15) is 41.4 Å². The molecular weight excluding hydrogens is 354 g/mol. The van der Waals surface area contributed by atoms with Crippen LogP contribution < -0.4 is 9.47 Å². The van der Waals surface area contributed by atoms with Gasteiger partial charge in [-0.05, 0) is 48.4 Å². The van der Waals surface area contributed by atoms with E-state index in [-0.39, 0.29) is 6.61 Å². The van der Waals surface area contributed by atoms with E-state index in [4.69, 9.17) is 9.47 Å². The second kappa shape index (κ2) is 8.54. The van der Waals surface area contributed by atoms with Gasteiger partial charge in [-0.25, -0.2) is 0 Å². The van der Waals surface area contributed by atoms with Crippen molar-refractivity contribution in [3.05, 3.63) is 78.4 Å². The van der Waals surface area contributed by atoms with Crippen molar-refractivity contribution in [2.24, 2.45) is 0 Å². The minimum atomic E-state index is 0.0824. The molecule has 4 rings (SSSR count). The Morgan fingerprint density at radius 1 is 0.786 bits per heavy atom. The van der Waals surface area contributed by atoms with E-state index in [9.17, 15) is 5.11 Å². The molecule has 28 heavy (non-hydrogen) atoms. The molecule has 0 aliphatic heterocycles. The third-order valence-corrected chi connectivity index (χ3v) is 4.28. The van der Waals surface area contributed by atoms with Crippen LogP contribution in [-0.4, -0.2) is 39.9 Å². The number of ether oxygens (including phenoxy) is 2. The molecule has 1 N–H and O–H groups in total. The van der Waals surface area contributed by atoms with Crippen LogP contribution in [0.3, 0.4) is 0 Å². The van der Waals surface area contributed by atoms with Crippen molar-refractivity contribution in [2.75, 3.05) is 19.8 Å². The van der Waals surface area contributed by atoms with E-state index in [0.29, 0.717) is 25.4 Å². The number of aromatic nitrogens is 3. The number of fused-ring (bicyclic) bond motifs is 1. The van der Waals surface area contributed by atoms with Crippen molar-refractivity contribution in [3.63, 3.8) is 0 Å². The van der Waals surface area contributed by atoms with Crippen molar-refractivity contribution in [1.82, 2.24) is 15.0 Å². The first-order valence-electron chi connectivity index (χ1n) is 9.20. The number of para-hydroxylation sites is 1. The minimum absolute atomic E-state index is 0.0824. The summed E-state index contributed by atoms with van der Waals surface area (Å²) in [6.45, 7) is 0.900. The zero-order valence-corrected chi connectivity index (χ0v) is 15.4. The second-order valence-electron chi connectivity index (χ2n) is 6.26. The third kappa shape index (κ3) is 4.13. The van der Waals surface area contributed by atoms with Crippen molar-refractivity contribution < 1.29 is 14.6 Å².